The van der Waals surface area contributed by atoms with Crippen LogP contribution in [0.4, 0.5) is 19.0 Å². The predicted octanol–water partition coefficient (Wildman–Crippen LogP) is 2.87. The standard InChI is InChI=1S/C17H20F3N5O/c1-9-22-15-13(2-3-21-15)16(23-9)24-12-4-10-7-25(8-11(10)5-12)14(26)6-17(18,19)20/h2-3,10-12H,4-8H2,1H3,(H2,21,22,23,24)/t10-,11+,12?. The minimum absolute atomic E-state index is 0.206. The Morgan fingerprint density at radius 1 is 1.31 bits per heavy atom. The van der Waals surface area contributed by atoms with E-state index >= 15 is 0 Å². The van der Waals surface area contributed by atoms with E-state index in [1.54, 1.807) is 0 Å². The van der Waals surface area contributed by atoms with E-state index in [0.29, 0.717) is 18.9 Å². The molecule has 1 aliphatic heterocycles. The van der Waals surface area contributed by atoms with Gasteiger partial charge in [0.15, 0.2) is 0 Å². The number of carbonyl (C=O) groups excluding carboxylic acids is 1. The van der Waals surface area contributed by atoms with Crippen LogP contribution in [0.1, 0.15) is 25.1 Å². The molecule has 0 bridgehead atoms. The van der Waals surface area contributed by atoms with Crippen molar-refractivity contribution in [1.29, 1.82) is 0 Å². The Hall–Kier alpha value is -2.32. The number of H-pyrrole nitrogens is 1. The third-order valence-corrected chi connectivity index (χ3v) is 5.32. The highest BCUT2D eigenvalue weighted by Crippen LogP contribution is 2.40. The summed E-state index contributed by atoms with van der Waals surface area (Å²) in [5.41, 5.74) is 0.780. The zero-order valence-corrected chi connectivity index (χ0v) is 14.3. The maximum absolute atomic E-state index is 12.4. The topological polar surface area (TPSA) is 73.9 Å². The Labute approximate surface area is 148 Å². The van der Waals surface area contributed by atoms with Crippen molar-refractivity contribution in [2.45, 2.75) is 38.4 Å². The van der Waals surface area contributed by atoms with Gasteiger partial charge in [-0.25, -0.2) is 9.97 Å². The van der Waals surface area contributed by atoms with Gasteiger partial charge in [-0.15, -0.1) is 0 Å². The van der Waals surface area contributed by atoms with Crippen LogP contribution in [0.5, 0.6) is 0 Å². The van der Waals surface area contributed by atoms with Crippen LogP contribution in [0.25, 0.3) is 11.0 Å². The molecule has 26 heavy (non-hydrogen) atoms. The number of hydrogen-bond acceptors (Lipinski definition) is 4. The summed E-state index contributed by atoms with van der Waals surface area (Å²) in [5, 5.41) is 4.39. The molecule has 3 heterocycles. The molecule has 1 saturated carbocycles. The fourth-order valence-corrected chi connectivity index (χ4v) is 4.26. The number of nitrogens with one attached hydrogen (secondary N) is 2. The van der Waals surface area contributed by atoms with Crippen molar-refractivity contribution in [2.75, 3.05) is 18.4 Å². The molecule has 1 saturated heterocycles. The molecule has 2 aromatic heterocycles. The molecule has 9 heteroatoms. The Kier molecular flexibility index (Phi) is 4.04. The summed E-state index contributed by atoms with van der Waals surface area (Å²) in [6.45, 7) is 2.67. The predicted molar refractivity (Wildman–Crippen MR) is 89.5 cm³/mol. The lowest BCUT2D eigenvalue weighted by atomic mass is 10.0. The van der Waals surface area contributed by atoms with E-state index in [2.05, 4.69) is 20.3 Å². The van der Waals surface area contributed by atoms with Crippen molar-refractivity contribution >= 4 is 22.8 Å². The van der Waals surface area contributed by atoms with Gasteiger partial charge in [0.05, 0.1) is 5.39 Å². The summed E-state index contributed by atoms with van der Waals surface area (Å²) in [6.07, 6.45) is -2.33. The lowest BCUT2D eigenvalue weighted by Gasteiger charge is -2.21. The molecule has 2 aliphatic rings. The first-order valence-corrected chi connectivity index (χ1v) is 8.71. The van der Waals surface area contributed by atoms with Crippen LogP contribution >= 0.6 is 0 Å². The molecule has 6 nitrogen and oxygen atoms in total. The van der Waals surface area contributed by atoms with Crippen molar-refractivity contribution in [3.63, 3.8) is 0 Å². The molecule has 0 radical (unpaired) electrons. The first kappa shape index (κ1) is 17.1. The van der Waals surface area contributed by atoms with Gasteiger partial charge in [-0.05, 0) is 37.7 Å². The number of likely N-dealkylation sites (tertiary alicyclic amines) is 1. The zero-order valence-electron chi connectivity index (χ0n) is 14.3. The van der Waals surface area contributed by atoms with Crippen molar-refractivity contribution in [1.82, 2.24) is 19.9 Å². The van der Waals surface area contributed by atoms with Crippen LogP contribution < -0.4 is 5.32 Å². The van der Waals surface area contributed by atoms with Gasteiger partial charge in [-0.1, -0.05) is 0 Å². The Morgan fingerprint density at radius 3 is 2.65 bits per heavy atom. The maximum Gasteiger partial charge on any atom is 0.397 e. The van der Waals surface area contributed by atoms with E-state index < -0.39 is 18.5 Å². The van der Waals surface area contributed by atoms with Crippen molar-refractivity contribution < 1.29 is 18.0 Å². The summed E-state index contributed by atoms with van der Waals surface area (Å²) < 4.78 is 37.2. The third-order valence-electron chi connectivity index (χ3n) is 5.32. The molecule has 3 atom stereocenters. The molecule has 1 aliphatic carbocycles. The van der Waals surface area contributed by atoms with Gasteiger partial charge >= 0.3 is 6.18 Å². The fraction of sp³-hybridized carbons (Fsp3) is 0.588. The molecule has 0 aromatic carbocycles. The number of anilines is 1. The van der Waals surface area contributed by atoms with Gasteiger partial charge in [-0.2, -0.15) is 13.2 Å². The normalized spacial score (nSPS) is 25.7. The Balaban J connectivity index is 1.39. The highest BCUT2D eigenvalue weighted by atomic mass is 19.4. The van der Waals surface area contributed by atoms with Gasteiger partial charge < -0.3 is 15.2 Å². The third kappa shape index (κ3) is 3.34. The molecule has 0 spiro atoms. The van der Waals surface area contributed by atoms with Gasteiger partial charge in [0.2, 0.25) is 5.91 Å². The van der Waals surface area contributed by atoms with Crippen LogP contribution in [0.15, 0.2) is 12.3 Å². The Bertz CT molecular complexity index is 819. The highest BCUT2D eigenvalue weighted by molar-refractivity contribution is 5.87. The summed E-state index contributed by atoms with van der Waals surface area (Å²) >= 11 is 0. The molecule has 2 aromatic rings. The number of carbonyl (C=O) groups is 1. The number of halogens is 3. The number of aryl methyl sites for hydroxylation is 1. The molecule has 2 fully saturated rings. The van der Waals surface area contributed by atoms with Crippen LogP contribution in [-0.2, 0) is 4.79 Å². The van der Waals surface area contributed by atoms with E-state index in [1.165, 1.54) is 4.90 Å². The number of fused-ring (bicyclic) bond motifs is 2. The molecule has 4 rings (SSSR count). The number of aromatic amines is 1. The second-order valence-electron chi connectivity index (χ2n) is 7.28. The summed E-state index contributed by atoms with van der Waals surface area (Å²) in [7, 11) is 0. The highest BCUT2D eigenvalue weighted by Gasteiger charge is 2.44. The molecule has 2 N–H and O–H groups in total. The number of hydrogen-bond donors (Lipinski definition) is 2. The molecular weight excluding hydrogens is 347 g/mol. The Morgan fingerprint density at radius 2 is 2.00 bits per heavy atom. The minimum Gasteiger partial charge on any atom is -0.367 e. The summed E-state index contributed by atoms with van der Waals surface area (Å²) in [4.78, 5) is 25.1. The molecular formula is C17H20F3N5O. The van der Waals surface area contributed by atoms with Gasteiger partial charge in [0.25, 0.3) is 0 Å². The monoisotopic (exact) mass is 367 g/mol. The van der Waals surface area contributed by atoms with Gasteiger partial charge in [0.1, 0.15) is 23.7 Å². The number of rotatable bonds is 3. The van der Waals surface area contributed by atoms with Crippen LogP contribution in [-0.4, -0.2) is 51.1 Å². The lowest BCUT2D eigenvalue weighted by molar-refractivity contribution is -0.160. The van der Waals surface area contributed by atoms with E-state index in [0.717, 1.165) is 29.7 Å². The second-order valence-corrected chi connectivity index (χ2v) is 7.28. The van der Waals surface area contributed by atoms with E-state index in [-0.39, 0.29) is 17.9 Å². The van der Waals surface area contributed by atoms with E-state index in [4.69, 9.17) is 0 Å². The summed E-state index contributed by atoms with van der Waals surface area (Å²) in [6, 6.07) is 2.13. The first-order chi connectivity index (χ1) is 12.3. The zero-order chi connectivity index (χ0) is 18.5. The van der Waals surface area contributed by atoms with Gasteiger partial charge in [-0.3, -0.25) is 4.79 Å². The number of nitrogens with zero attached hydrogens (tertiary/aromatic N) is 3. The first-order valence-electron chi connectivity index (χ1n) is 8.71. The van der Waals surface area contributed by atoms with Crippen molar-refractivity contribution in [3.05, 3.63) is 18.1 Å². The largest absolute Gasteiger partial charge is 0.397 e. The molecule has 140 valence electrons. The van der Waals surface area contributed by atoms with Crippen LogP contribution in [0.3, 0.4) is 0 Å². The quantitative estimate of drug-likeness (QED) is 0.875. The maximum atomic E-state index is 12.4. The number of amides is 1. The van der Waals surface area contributed by atoms with Crippen molar-refractivity contribution in [3.8, 4) is 0 Å². The average molecular weight is 367 g/mol. The van der Waals surface area contributed by atoms with E-state index in [9.17, 15) is 18.0 Å². The van der Waals surface area contributed by atoms with E-state index in [1.807, 2.05) is 19.2 Å². The molecule has 1 unspecified atom stereocenters. The van der Waals surface area contributed by atoms with Gasteiger partial charge in [0, 0.05) is 25.3 Å². The average Bonchev–Trinajstić information content (AvgIpc) is 3.18. The molecule has 1 amide bonds. The van der Waals surface area contributed by atoms with Crippen LogP contribution in [0.2, 0.25) is 0 Å². The van der Waals surface area contributed by atoms with Crippen molar-refractivity contribution in [2.24, 2.45) is 11.8 Å². The minimum atomic E-state index is -4.44. The smallest absolute Gasteiger partial charge is 0.367 e. The second kappa shape index (κ2) is 6.14. The SMILES string of the molecule is Cc1nc(NC2C[C@@H]3CN(C(=O)CC(F)(F)F)C[C@@H]3C2)c2cc[nH]c2n1. The number of aromatic nitrogens is 3. The summed E-state index contributed by atoms with van der Waals surface area (Å²) in [5.74, 6) is 1.13. The lowest BCUT2D eigenvalue weighted by Crippen LogP contribution is -2.34. The number of alkyl halides is 3. The fourth-order valence-electron chi connectivity index (χ4n) is 4.26. The van der Waals surface area contributed by atoms with Crippen LogP contribution in [0, 0.1) is 18.8 Å².